The summed E-state index contributed by atoms with van der Waals surface area (Å²) < 4.78 is 27.6. The molecule has 0 aromatic heterocycles. The quantitative estimate of drug-likeness (QED) is 0.0972. The Labute approximate surface area is 255 Å². The molecule has 3 rings (SSSR count). The fourth-order valence-electron chi connectivity index (χ4n) is 4.40. The summed E-state index contributed by atoms with van der Waals surface area (Å²) in [6.45, 7) is 10.5. The molecule has 0 fully saturated rings. The monoisotopic (exact) mass is 591 g/mol. The molecule has 0 saturated carbocycles. The van der Waals surface area contributed by atoms with Gasteiger partial charge in [-0.05, 0) is 77.9 Å². The van der Waals surface area contributed by atoms with Gasteiger partial charge < -0.3 is 29.0 Å². The summed E-state index contributed by atoms with van der Waals surface area (Å²) in [4.78, 5) is 24.9. The van der Waals surface area contributed by atoms with Crippen LogP contribution in [0.2, 0.25) is 0 Å². The average Bonchev–Trinajstić information content (AvgIpc) is 3.01. The van der Waals surface area contributed by atoms with Gasteiger partial charge in [-0.15, -0.1) is 0 Å². The Hall–Kier alpha value is -3.88. The smallest absolute Gasteiger partial charge is 0.343 e. The van der Waals surface area contributed by atoms with Crippen LogP contribution < -0.4 is 14.8 Å². The van der Waals surface area contributed by atoms with Crippen molar-refractivity contribution in [2.45, 2.75) is 34.1 Å². The topological polar surface area (TPSA) is 92.3 Å². The second kappa shape index (κ2) is 17.9. The maximum Gasteiger partial charge on any atom is 0.343 e. The molecule has 3 aromatic rings. The van der Waals surface area contributed by atoms with Crippen molar-refractivity contribution in [1.29, 1.82) is 0 Å². The van der Waals surface area contributed by atoms with E-state index in [0.717, 1.165) is 23.2 Å². The highest BCUT2D eigenvalue weighted by molar-refractivity contribution is 5.91. The minimum Gasteiger partial charge on any atom is -0.491 e. The lowest BCUT2D eigenvalue weighted by molar-refractivity contribution is -0.152. The molecule has 1 unspecified atom stereocenters. The Bertz CT molecular complexity index is 1240. The molecule has 0 radical (unpaired) electrons. The van der Waals surface area contributed by atoms with Crippen molar-refractivity contribution in [3.63, 3.8) is 0 Å². The van der Waals surface area contributed by atoms with Crippen LogP contribution in [-0.2, 0) is 19.0 Å². The molecule has 0 aliphatic heterocycles. The van der Waals surface area contributed by atoms with Gasteiger partial charge in [0.15, 0.2) is 0 Å². The molecule has 43 heavy (non-hydrogen) atoms. The summed E-state index contributed by atoms with van der Waals surface area (Å²) in [7, 11) is 1.88. The van der Waals surface area contributed by atoms with Gasteiger partial charge in [-0.2, -0.15) is 0 Å². The molecule has 0 saturated heterocycles. The number of rotatable bonds is 18. The van der Waals surface area contributed by atoms with Gasteiger partial charge in [0.25, 0.3) is 0 Å². The van der Waals surface area contributed by atoms with Crippen molar-refractivity contribution in [2.75, 3.05) is 52.0 Å². The lowest BCUT2D eigenvalue weighted by Gasteiger charge is -2.21. The van der Waals surface area contributed by atoms with E-state index in [1.165, 1.54) is 0 Å². The van der Waals surface area contributed by atoms with Crippen molar-refractivity contribution < 1.29 is 33.3 Å². The molecule has 0 spiro atoms. The number of anilines is 1. The van der Waals surface area contributed by atoms with E-state index in [4.69, 9.17) is 23.7 Å². The van der Waals surface area contributed by atoms with Crippen LogP contribution in [0.25, 0.3) is 11.1 Å². The minimum absolute atomic E-state index is 0.0790. The Kier molecular flexibility index (Phi) is 14.0. The van der Waals surface area contributed by atoms with Gasteiger partial charge in [0, 0.05) is 12.7 Å². The van der Waals surface area contributed by atoms with Gasteiger partial charge in [-0.3, -0.25) is 4.79 Å². The second-order valence-corrected chi connectivity index (χ2v) is 11.0. The van der Waals surface area contributed by atoms with Crippen LogP contribution in [0.3, 0.4) is 0 Å². The molecule has 3 aromatic carbocycles. The number of ether oxygens (including phenoxy) is 5. The van der Waals surface area contributed by atoms with Crippen LogP contribution >= 0.6 is 0 Å². The van der Waals surface area contributed by atoms with Crippen molar-refractivity contribution in [1.82, 2.24) is 0 Å². The molecule has 8 heteroatoms. The van der Waals surface area contributed by atoms with Crippen molar-refractivity contribution in [3.05, 3.63) is 78.4 Å². The summed E-state index contributed by atoms with van der Waals surface area (Å²) in [5, 5.41) is 3.10. The predicted molar refractivity (Wildman–Crippen MR) is 169 cm³/mol. The highest BCUT2D eigenvalue weighted by atomic mass is 16.6. The standard InChI is InChI=1S/C35H45NO7/c1-25(2)24-33(26(3)4)35(38)42-23-21-40-19-18-39-20-22-41-31-14-10-29(11-15-31)34(37)43-32-16-8-28(9-17-32)27-6-12-30(36-5)13-7-27/h6-17,25-26,33,36H,18-24H2,1-5H3. The van der Waals surface area contributed by atoms with E-state index in [-0.39, 0.29) is 24.4 Å². The molecule has 8 nitrogen and oxygen atoms in total. The van der Waals surface area contributed by atoms with Crippen molar-refractivity contribution in [2.24, 2.45) is 17.8 Å². The molecule has 0 amide bonds. The van der Waals surface area contributed by atoms with Gasteiger partial charge in [0.1, 0.15) is 24.7 Å². The molecular formula is C35H45NO7. The summed E-state index contributed by atoms with van der Waals surface area (Å²) >= 11 is 0. The Morgan fingerprint density at radius 3 is 1.77 bits per heavy atom. The Morgan fingerprint density at radius 2 is 1.21 bits per heavy atom. The number of carbonyl (C=O) groups excluding carboxylic acids is 2. The predicted octanol–water partition coefficient (Wildman–Crippen LogP) is 6.89. The van der Waals surface area contributed by atoms with Crippen molar-refractivity contribution >= 4 is 17.6 Å². The van der Waals surface area contributed by atoms with Crippen molar-refractivity contribution in [3.8, 4) is 22.6 Å². The fourth-order valence-corrected chi connectivity index (χ4v) is 4.40. The van der Waals surface area contributed by atoms with Gasteiger partial charge in [0.05, 0.1) is 37.9 Å². The largest absolute Gasteiger partial charge is 0.491 e. The molecule has 232 valence electrons. The average molecular weight is 592 g/mol. The first kappa shape index (κ1) is 33.6. The fraction of sp³-hybridized carbons (Fsp3) is 0.429. The van der Waals surface area contributed by atoms with E-state index in [9.17, 15) is 9.59 Å². The molecule has 1 atom stereocenters. The zero-order chi connectivity index (χ0) is 31.0. The minimum atomic E-state index is -0.439. The van der Waals surface area contributed by atoms with E-state index in [0.29, 0.717) is 56.0 Å². The number of benzene rings is 3. The Morgan fingerprint density at radius 1 is 0.674 bits per heavy atom. The van der Waals surface area contributed by atoms with Gasteiger partial charge >= 0.3 is 11.9 Å². The third kappa shape index (κ3) is 11.7. The number of esters is 2. The molecule has 0 bridgehead atoms. The highest BCUT2D eigenvalue weighted by Crippen LogP contribution is 2.25. The SMILES string of the molecule is CNc1ccc(-c2ccc(OC(=O)c3ccc(OCCOCCOCCOC(=O)C(CC(C)C)C(C)C)cc3)cc2)cc1. The molecule has 0 aliphatic carbocycles. The number of nitrogens with one attached hydrogen (secondary N) is 1. The molecule has 1 N–H and O–H groups in total. The second-order valence-electron chi connectivity index (χ2n) is 11.0. The maximum absolute atomic E-state index is 12.6. The lowest BCUT2D eigenvalue weighted by Crippen LogP contribution is -2.25. The van der Waals surface area contributed by atoms with Crippen LogP contribution in [0.5, 0.6) is 11.5 Å². The Balaban J connectivity index is 1.27. The van der Waals surface area contributed by atoms with E-state index >= 15 is 0 Å². The molecule has 0 heterocycles. The molecule has 0 aliphatic rings. The van der Waals surface area contributed by atoms with Crippen LogP contribution in [0, 0.1) is 17.8 Å². The third-order valence-corrected chi connectivity index (χ3v) is 6.84. The summed E-state index contributed by atoms with van der Waals surface area (Å²) in [5.41, 5.74) is 3.59. The van der Waals surface area contributed by atoms with Crippen LogP contribution in [0.1, 0.15) is 44.5 Å². The normalized spacial score (nSPS) is 11.8. The van der Waals surface area contributed by atoms with Crippen LogP contribution in [0.4, 0.5) is 5.69 Å². The number of carbonyl (C=O) groups is 2. The van der Waals surface area contributed by atoms with Crippen LogP contribution in [0.15, 0.2) is 72.8 Å². The first-order valence-electron chi connectivity index (χ1n) is 14.9. The number of hydrogen-bond acceptors (Lipinski definition) is 8. The highest BCUT2D eigenvalue weighted by Gasteiger charge is 2.24. The zero-order valence-corrected chi connectivity index (χ0v) is 26.0. The maximum atomic E-state index is 12.6. The van der Waals surface area contributed by atoms with Crippen LogP contribution in [-0.4, -0.2) is 58.6 Å². The summed E-state index contributed by atoms with van der Waals surface area (Å²) in [6.07, 6.45) is 0.827. The van der Waals surface area contributed by atoms with E-state index in [2.05, 4.69) is 19.2 Å². The van der Waals surface area contributed by atoms with E-state index in [1.54, 1.807) is 36.4 Å². The van der Waals surface area contributed by atoms with Gasteiger partial charge in [-0.25, -0.2) is 4.79 Å². The van der Waals surface area contributed by atoms with E-state index < -0.39 is 5.97 Å². The molecular weight excluding hydrogens is 546 g/mol. The third-order valence-electron chi connectivity index (χ3n) is 6.84. The van der Waals surface area contributed by atoms with Gasteiger partial charge in [0.2, 0.25) is 0 Å². The van der Waals surface area contributed by atoms with Gasteiger partial charge in [-0.1, -0.05) is 52.0 Å². The lowest BCUT2D eigenvalue weighted by atomic mass is 9.88. The first-order chi connectivity index (χ1) is 20.8. The zero-order valence-electron chi connectivity index (χ0n) is 26.0. The summed E-state index contributed by atoms with van der Waals surface area (Å²) in [5.74, 6) is 1.14. The number of hydrogen-bond donors (Lipinski definition) is 1. The summed E-state index contributed by atoms with van der Waals surface area (Å²) in [6, 6.07) is 22.3. The van der Waals surface area contributed by atoms with E-state index in [1.807, 2.05) is 57.3 Å². The first-order valence-corrected chi connectivity index (χ1v) is 14.9.